The summed E-state index contributed by atoms with van der Waals surface area (Å²) in [5.74, 6) is 0. The lowest BCUT2D eigenvalue weighted by Crippen LogP contribution is -2.04. The van der Waals surface area contributed by atoms with Crippen molar-refractivity contribution in [3.8, 4) is 0 Å². The molecule has 0 saturated carbocycles. The van der Waals surface area contributed by atoms with Crippen molar-refractivity contribution < 1.29 is 5.11 Å². The minimum Gasteiger partial charge on any atom is -0.393 e. The summed E-state index contributed by atoms with van der Waals surface area (Å²) in [6.07, 6.45) is 11.2. The minimum atomic E-state index is -0.0547. The second-order valence-electron chi connectivity index (χ2n) is 6.28. The van der Waals surface area contributed by atoms with Gasteiger partial charge < -0.3 is 5.11 Å². The van der Waals surface area contributed by atoms with Gasteiger partial charge in [0.05, 0.1) is 6.10 Å². The highest BCUT2D eigenvalue weighted by atomic mass is 16.3. The van der Waals surface area contributed by atoms with Crippen LogP contribution < -0.4 is 0 Å². The molecule has 98 valence electrons. The summed E-state index contributed by atoms with van der Waals surface area (Å²) < 4.78 is 0. The van der Waals surface area contributed by atoms with Crippen molar-refractivity contribution in [3.63, 3.8) is 0 Å². The molecule has 0 spiro atoms. The maximum absolute atomic E-state index is 9.39. The van der Waals surface area contributed by atoms with Crippen molar-refractivity contribution in [2.45, 2.75) is 91.6 Å². The predicted molar refractivity (Wildman–Crippen MR) is 72.7 cm³/mol. The molecule has 0 aromatic rings. The van der Waals surface area contributed by atoms with Crippen LogP contribution in [0.15, 0.2) is 0 Å². The average Bonchev–Trinajstić information content (AvgIpc) is 2.20. The van der Waals surface area contributed by atoms with E-state index in [9.17, 15) is 5.11 Å². The summed E-state index contributed by atoms with van der Waals surface area (Å²) in [6, 6.07) is 0. The molecule has 0 fully saturated rings. The van der Waals surface area contributed by atoms with Crippen LogP contribution in [0.2, 0.25) is 0 Å². The smallest absolute Gasteiger partial charge is 0.0537 e. The highest BCUT2D eigenvalue weighted by Crippen LogP contribution is 2.22. The van der Waals surface area contributed by atoms with Gasteiger partial charge in [0.1, 0.15) is 0 Å². The first kappa shape index (κ1) is 16.0. The van der Waals surface area contributed by atoms with Crippen LogP contribution in [0.1, 0.15) is 85.5 Å². The van der Waals surface area contributed by atoms with E-state index in [0.29, 0.717) is 5.41 Å². The molecular weight excluding hydrogens is 196 g/mol. The Bertz CT molecular complexity index is 146. The van der Waals surface area contributed by atoms with Crippen molar-refractivity contribution in [1.29, 1.82) is 0 Å². The normalized spacial score (nSPS) is 14.1. The topological polar surface area (TPSA) is 20.2 Å². The van der Waals surface area contributed by atoms with Gasteiger partial charge in [0.2, 0.25) is 0 Å². The first-order valence-corrected chi connectivity index (χ1v) is 7.14. The Balaban J connectivity index is 3.10. The van der Waals surface area contributed by atoms with E-state index < -0.39 is 0 Å². The summed E-state index contributed by atoms with van der Waals surface area (Å²) in [5.41, 5.74) is 0.505. The van der Waals surface area contributed by atoms with E-state index in [0.717, 1.165) is 12.8 Å². The number of aliphatic hydroxyl groups excluding tert-OH is 1. The fourth-order valence-electron chi connectivity index (χ4n) is 1.95. The second-order valence-corrected chi connectivity index (χ2v) is 6.28. The number of aliphatic hydroxyl groups is 1. The standard InChI is InChI=1S/C15H32O/c1-5-14(16)12-10-8-6-7-9-11-13-15(2,3)4/h14,16H,5-13H2,1-4H3. The summed E-state index contributed by atoms with van der Waals surface area (Å²) in [4.78, 5) is 0. The molecule has 0 radical (unpaired) electrons. The maximum atomic E-state index is 9.39. The number of rotatable bonds is 9. The zero-order valence-corrected chi connectivity index (χ0v) is 11.9. The highest BCUT2D eigenvalue weighted by Gasteiger charge is 2.08. The Morgan fingerprint density at radius 2 is 1.38 bits per heavy atom. The van der Waals surface area contributed by atoms with Gasteiger partial charge in [-0.05, 0) is 24.7 Å². The second kappa shape index (κ2) is 9.04. The van der Waals surface area contributed by atoms with Crippen molar-refractivity contribution >= 4 is 0 Å². The van der Waals surface area contributed by atoms with Gasteiger partial charge in [-0.25, -0.2) is 0 Å². The molecule has 1 atom stereocenters. The molecule has 0 heterocycles. The lowest BCUT2D eigenvalue weighted by Gasteiger charge is -2.17. The Hall–Kier alpha value is -0.0400. The molecule has 0 bridgehead atoms. The molecule has 0 rings (SSSR count). The molecule has 16 heavy (non-hydrogen) atoms. The fourth-order valence-corrected chi connectivity index (χ4v) is 1.95. The van der Waals surface area contributed by atoms with Gasteiger partial charge in [0.25, 0.3) is 0 Å². The van der Waals surface area contributed by atoms with Gasteiger partial charge in [0.15, 0.2) is 0 Å². The van der Waals surface area contributed by atoms with Crippen molar-refractivity contribution in [1.82, 2.24) is 0 Å². The average molecular weight is 228 g/mol. The molecule has 0 aliphatic rings. The van der Waals surface area contributed by atoms with E-state index >= 15 is 0 Å². The molecule has 0 aromatic carbocycles. The number of unbranched alkanes of at least 4 members (excludes halogenated alkanes) is 5. The van der Waals surface area contributed by atoms with Crippen LogP contribution in [-0.4, -0.2) is 11.2 Å². The fraction of sp³-hybridized carbons (Fsp3) is 1.00. The van der Waals surface area contributed by atoms with Crippen LogP contribution in [0.3, 0.4) is 0 Å². The Morgan fingerprint density at radius 1 is 0.875 bits per heavy atom. The molecular formula is C15H32O. The third kappa shape index (κ3) is 12.0. The zero-order valence-electron chi connectivity index (χ0n) is 11.9. The van der Waals surface area contributed by atoms with Gasteiger partial charge in [-0.15, -0.1) is 0 Å². The van der Waals surface area contributed by atoms with E-state index in [4.69, 9.17) is 0 Å². The summed E-state index contributed by atoms with van der Waals surface area (Å²) in [5, 5.41) is 9.39. The lowest BCUT2D eigenvalue weighted by atomic mass is 9.89. The summed E-state index contributed by atoms with van der Waals surface area (Å²) in [6.45, 7) is 9.01. The molecule has 1 N–H and O–H groups in total. The van der Waals surface area contributed by atoms with Gasteiger partial charge in [0, 0.05) is 0 Å². The van der Waals surface area contributed by atoms with Gasteiger partial charge in [-0.3, -0.25) is 0 Å². The van der Waals surface area contributed by atoms with Crippen LogP contribution in [-0.2, 0) is 0 Å². The Labute approximate surface area is 103 Å². The van der Waals surface area contributed by atoms with Gasteiger partial charge in [-0.2, -0.15) is 0 Å². The monoisotopic (exact) mass is 228 g/mol. The number of hydrogen-bond donors (Lipinski definition) is 1. The minimum absolute atomic E-state index is 0.0547. The van der Waals surface area contributed by atoms with E-state index in [1.165, 1.54) is 44.9 Å². The van der Waals surface area contributed by atoms with Crippen LogP contribution in [0.5, 0.6) is 0 Å². The van der Waals surface area contributed by atoms with Crippen LogP contribution in [0.25, 0.3) is 0 Å². The van der Waals surface area contributed by atoms with E-state index in [-0.39, 0.29) is 6.10 Å². The van der Waals surface area contributed by atoms with E-state index in [1.54, 1.807) is 0 Å². The first-order valence-electron chi connectivity index (χ1n) is 7.14. The quantitative estimate of drug-likeness (QED) is 0.555. The van der Waals surface area contributed by atoms with Crippen LogP contribution in [0.4, 0.5) is 0 Å². The molecule has 1 unspecified atom stereocenters. The Morgan fingerprint density at radius 3 is 1.88 bits per heavy atom. The van der Waals surface area contributed by atoms with Gasteiger partial charge in [-0.1, -0.05) is 66.2 Å². The SMILES string of the molecule is CCC(O)CCCCCCCCC(C)(C)C. The van der Waals surface area contributed by atoms with Gasteiger partial charge >= 0.3 is 0 Å². The predicted octanol–water partition coefficient (Wildman–Crippen LogP) is 4.92. The molecule has 0 aromatic heterocycles. The summed E-state index contributed by atoms with van der Waals surface area (Å²) in [7, 11) is 0. The first-order chi connectivity index (χ1) is 7.45. The van der Waals surface area contributed by atoms with Crippen molar-refractivity contribution in [2.75, 3.05) is 0 Å². The number of hydrogen-bond acceptors (Lipinski definition) is 1. The summed E-state index contributed by atoms with van der Waals surface area (Å²) >= 11 is 0. The molecule has 0 saturated heterocycles. The lowest BCUT2D eigenvalue weighted by molar-refractivity contribution is 0.156. The molecule has 0 amide bonds. The molecule has 1 heteroatoms. The molecule has 0 aliphatic heterocycles. The van der Waals surface area contributed by atoms with E-state index in [2.05, 4.69) is 27.7 Å². The van der Waals surface area contributed by atoms with Crippen LogP contribution in [0, 0.1) is 5.41 Å². The largest absolute Gasteiger partial charge is 0.393 e. The highest BCUT2D eigenvalue weighted by molar-refractivity contribution is 4.61. The maximum Gasteiger partial charge on any atom is 0.0537 e. The molecule has 0 aliphatic carbocycles. The zero-order chi connectivity index (χ0) is 12.4. The third-order valence-electron chi connectivity index (χ3n) is 3.19. The van der Waals surface area contributed by atoms with Crippen molar-refractivity contribution in [2.24, 2.45) is 5.41 Å². The van der Waals surface area contributed by atoms with Crippen LogP contribution >= 0.6 is 0 Å². The van der Waals surface area contributed by atoms with Crippen molar-refractivity contribution in [3.05, 3.63) is 0 Å². The third-order valence-corrected chi connectivity index (χ3v) is 3.19. The molecule has 1 nitrogen and oxygen atoms in total. The Kier molecular flexibility index (Phi) is 9.02. The van der Waals surface area contributed by atoms with E-state index in [1.807, 2.05) is 0 Å².